The third-order valence-corrected chi connectivity index (χ3v) is 5.05. The molecular weight excluding hydrogens is 276 g/mol. The lowest BCUT2D eigenvalue weighted by Crippen LogP contribution is -2.35. The number of benzene rings is 1. The maximum absolute atomic E-state index is 11.7. The van der Waals surface area contributed by atoms with Crippen LogP contribution in [0, 0.1) is 5.92 Å². The Kier molecular flexibility index (Phi) is 4.88. The van der Waals surface area contributed by atoms with Crippen LogP contribution >= 0.6 is 0 Å². The van der Waals surface area contributed by atoms with E-state index < -0.39 is 10.0 Å². The number of nitrogens with zero attached hydrogens (tertiary/aromatic N) is 1. The number of piperidine rings is 1. The third-order valence-electron chi connectivity index (χ3n) is 3.76. The molecule has 112 valence electrons. The first-order valence-corrected chi connectivity index (χ1v) is 8.66. The molecule has 0 unspecified atom stereocenters. The average Bonchev–Trinajstić information content (AvgIpc) is 2.48. The molecule has 0 spiro atoms. The summed E-state index contributed by atoms with van der Waals surface area (Å²) in [5.74, 6) is 0.430. The molecule has 0 aliphatic carbocycles. The highest BCUT2D eigenvalue weighted by atomic mass is 32.2. The Hall–Kier alpha value is -1.27. The molecule has 1 aromatic rings. The summed E-state index contributed by atoms with van der Waals surface area (Å²) < 4.78 is 26.1. The van der Waals surface area contributed by atoms with Crippen LogP contribution in [0.15, 0.2) is 24.3 Å². The van der Waals surface area contributed by atoms with Gasteiger partial charge in [-0.1, -0.05) is 12.1 Å². The van der Waals surface area contributed by atoms with E-state index >= 15 is 0 Å². The van der Waals surface area contributed by atoms with E-state index in [2.05, 4.69) is 9.62 Å². The summed E-state index contributed by atoms with van der Waals surface area (Å²) >= 11 is 0. The molecule has 0 atom stereocenters. The van der Waals surface area contributed by atoms with Crippen LogP contribution in [0.1, 0.15) is 19.8 Å². The molecule has 0 saturated carbocycles. The summed E-state index contributed by atoms with van der Waals surface area (Å²) in [7, 11) is -3.27. The van der Waals surface area contributed by atoms with E-state index in [0.29, 0.717) is 11.6 Å². The minimum Gasteiger partial charge on any atom is -0.396 e. The number of nitrogens with one attached hydrogen (secondary N) is 1. The number of hydrogen-bond donors (Lipinski definition) is 2. The molecule has 1 saturated heterocycles. The van der Waals surface area contributed by atoms with E-state index in [-0.39, 0.29) is 12.4 Å². The Bertz CT molecular complexity index is 537. The van der Waals surface area contributed by atoms with Gasteiger partial charge in [0.15, 0.2) is 0 Å². The first kappa shape index (κ1) is 15.1. The molecular formula is C14H22N2O3S. The summed E-state index contributed by atoms with van der Waals surface area (Å²) in [5.41, 5.74) is 1.55. The second kappa shape index (κ2) is 6.45. The van der Waals surface area contributed by atoms with Crippen molar-refractivity contribution in [3.63, 3.8) is 0 Å². The van der Waals surface area contributed by atoms with Crippen LogP contribution in [0.2, 0.25) is 0 Å². The topological polar surface area (TPSA) is 69.6 Å². The summed E-state index contributed by atoms with van der Waals surface area (Å²) in [6.07, 6.45) is 1.87. The molecule has 1 aliphatic rings. The Balaban J connectivity index is 2.16. The number of sulfonamides is 1. The molecule has 1 aliphatic heterocycles. The quantitative estimate of drug-likeness (QED) is 0.867. The van der Waals surface area contributed by atoms with Gasteiger partial charge in [-0.2, -0.15) is 0 Å². The Morgan fingerprint density at radius 1 is 1.30 bits per heavy atom. The predicted octanol–water partition coefficient (Wildman–Crippen LogP) is 1.66. The van der Waals surface area contributed by atoms with Gasteiger partial charge in [0.25, 0.3) is 0 Å². The van der Waals surface area contributed by atoms with Crippen molar-refractivity contribution < 1.29 is 13.5 Å². The second-order valence-corrected chi connectivity index (χ2v) is 7.15. The molecule has 0 bridgehead atoms. The van der Waals surface area contributed by atoms with Crippen molar-refractivity contribution in [3.05, 3.63) is 24.3 Å². The third kappa shape index (κ3) is 3.64. The van der Waals surface area contributed by atoms with Gasteiger partial charge in [0.05, 0.1) is 17.1 Å². The normalized spacial score (nSPS) is 17.2. The summed E-state index contributed by atoms with van der Waals surface area (Å²) in [5, 5.41) is 9.18. The van der Waals surface area contributed by atoms with Crippen LogP contribution in [-0.4, -0.2) is 39.0 Å². The van der Waals surface area contributed by atoms with Crippen molar-refractivity contribution in [2.45, 2.75) is 19.8 Å². The number of rotatable bonds is 5. The fraction of sp³-hybridized carbons (Fsp3) is 0.571. The molecule has 0 aromatic heterocycles. The fourth-order valence-corrected chi connectivity index (χ4v) is 3.08. The van der Waals surface area contributed by atoms with Crippen LogP contribution in [0.5, 0.6) is 0 Å². The van der Waals surface area contributed by atoms with E-state index in [0.717, 1.165) is 31.6 Å². The Morgan fingerprint density at radius 2 is 1.95 bits per heavy atom. The van der Waals surface area contributed by atoms with Gasteiger partial charge in [0, 0.05) is 19.7 Å². The summed E-state index contributed by atoms with van der Waals surface area (Å²) in [4.78, 5) is 2.18. The van der Waals surface area contributed by atoms with Crippen molar-refractivity contribution in [2.24, 2.45) is 5.92 Å². The van der Waals surface area contributed by atoms with Crippen molar-refractivity contribution in [1.29, 1.82) is 0 Å². The molecule has 20 heavy (non-hydrogen) atoms. The van der Waals surface area contributed by atoms with Crippen LogP contribution in [0.4, 0.5) is 11.4 Å². The van der Waals surface area contributed by atoms with Crippen LogP contribution in [0.25, 0.3) is 0 Å². The molecule has 2 rings (SSSR count). The number of hydrogen-bond acceptors (Lipinski definition) is 4. The highest BCUT2D eigenvalue weighted by Gasteiger charge is 2.21. The van der Waals surface area contributed by atoms with E-state index in [1.807, 2.05) is 18.2 Å². The number of aliphatic hydroxyl groups excluding tert-OH is 1. The average molecular weight is 298 g/mol. The van der Waals surface area contributed by atoms with Crippen molar-refractivity contribution in [2.75, 3.05) is 35.1 Å². The monoisotopic (exact) mass is 298 g/mol. The van der Waals surface area contributed by atoms with Gasteiger partial charge < -0.3 is 10.0 Å². The maximum Gasteiger partial charge on any atom is 0.232 e. The SMILES string of the molecule is CCS(=O)(=O)Nc1ccccc1N1CCC(CO)CC1. The van der Waals surface area contributed by atoms with Gasteiger partial charge in [-0.3, -0.25) is 4.72 Å². The highest BCUT2D eigenvalue weighted by molar-refractivity contribution is 7.92. The molecule has 0 radical (unpaired) electrons. The van der Waals surface area contributed by atoms with Gasteiger partial charge in [0.2, 0.25) is 10.0 Å². The number of para-hydroxylation sites is 2. The molecule has 2 N–H and O–H groups in total. The lowest BCUT2D eigenvalue weighted by atomic mass is 9.97. The second-order valence-electron chi connectivity index (χ2n) is 5.14. The summed E-state index contributed by atoms with van der Waals surface area (Å²) in [6.45, 7) is 3.54. The predicted molar refractivity (Wildman–Crippen MR) is 81.5 cm³/mol. The smallest absolute Gasteiger partial charge is 0.232 e. The van der Waals surface area contributed by atoms with Crippen LogP contribution < -0.4 is 9.62 Å². The number of aliphatic hydroxyl groups is 1. The standard InChI is InChI=1S/C14H22N2O3S/c1-2-20(18,19)15-13-5-3-4-6-14(13)16-9-7-12(11-17)8-10-16/h3-6,12,15,17H,2,7-11H2,1H3. The van der Waals surface area contributed by atoms with Crippen molar-refractivity contribution >= 4 is 21.4 Å². The molecule has 1 heterocycles. The minimum absolute atomic E-state index is 0.0634. The number of anilines is 2. The van der Waals surface area contributed by atoms with E-state index in [9.17, 15) is 13.5 Å². The zero-order valence-corrected chi connectivity index (χ0v) is 12.6. The highest BCUT2D eigenvalue weighted by Crippen LogP contribution is 2.30. The van der Waals surface area contributed by atoms with Crippen LogP contribution in [0.3, 0.4) is 0 Å². The Morgan fingerprint density at radius 3 is 2.55 bits per heavy atom. The largest absolute Gasteiger partial charge is 0.396 e. The van der Waals surface area contributed by atoms with Crippen LogP contribution in [-0.2, 0) is 10.0 Å². The molecule has 1 fully saturated rings. The van der Waals surface area contributed by atoms with Gasteiger partial charge >= 0.3 is 0 Å². The first-order chi connectivity index (χ1) is 9.55. The van der Waals surface area contributed by atoms with E-state index in [1.165, 1.54) is 0 Å². The lowest BCUT2D eigenvalue weighted by Gasteiger charge is -2.34. The maximum atomic E-state index is 11.7. The molecule has 5 nitrogen and oxygen atoms in total. The lowest BCUT2D eigenvalue weighted by molar-refractivity contribution is 0.203. The molecule has 6 heteroatoms. The van der Waals surface area contributed by atoms with E-state index in [1.54, 1.807) is 13.0 Å². The zero-order valence-electron chi connectivity index (χ0n) is 11.7. The molecule has 0 amide bonds. The molecule has 1 aromatic carbocycles. The Labute approximate surface area is 120 Å². The zero-order chi connectivity index (χ0) is 14.6. The summed E-state index contributed by atoms with van der Waals surface area (Å²) in [6, 6.07) is 7.47. The van der Waals surface area contributed by atoms with Gasteiger partial charge in [-0.25, -0.2) is 8.42 Å². The van der Waals surface area contributed by atoms with Crippen molar-refractivity contribution in [1.82, 2.24) is 0 Å². The first-order valence-electron chi connectivity index (χ1n) is 7.01. The van der Waals surface area contributed by atoms with Gasteiger partial charge in [-0.15, -0.1) is 0 Å². The van der Waals surface area contributed by atoms with E-state index in [4.69, 9.17) is 0 Å². The minimum atomic E-state index is -3.27. The van der Waals surface area contributed by atoms with Crippen molar-refractivity contribution in [3.8, 4) is 0 Å². The fourth-order valence-electron chi connectivity index (χ4n) is 2.43. The van der Waals surface area contributed by atoms with Gasteiger partial charge in [-0.05, 0) is 37.8 Å². The van der Waals surface area contributed by atoms with Gasteiger partial charge in [0.1, 0.15) is 0 Å².